The van der Waals surface area contributed by atoms with Gasteiger partial charge in [-0.1, -0.05) is 45.4 Å². The molecule has 1 N–H and O–H groups in total. The Balaban J connectivity index is 1.61. The fourth-order valence-electron chi connectivity index (χ4n) is 3.25. The van der Waals surface area contributed by atoms with Crippen molar-refractivity contribution in [3.8, 4) is 5.75 Å². The van der Waals surface area contributed by atoms with Crippen LogP contribution in [0.1, 0.15) is 15.9 Å². The molecule has 0 bridgehead atoms. The minimum atomic E-state index is -3.96. The van der Waals surface area contributed by atoms with Crippen molar-refractivity contribution in [2.75, 3.05) is 16.7 Å². The van der Waals surface area contributed by atoms with Gasteiger partial charge in [-0.15, -0.1) is 0 Å². The fraction of sp³-hybridized carbons (Fsp3) is 0.0833. The van der Waals surface area contributed by atoms with Gasteiger partial charge in [-0.3, -0.25) is 4.79 Å². The van der Waals surface area contributed by atoms with Gasteiger partial charge in [0.15, 0.2) is 5.82 Å². The highest BCUT2D eigenvalue weighted by atomic mass is 79.9. The SMILES string of the molecule is COc1cc(Br)ccc1Nc1ccc(S(=O)(=O)N(Cc2ccc(C=O)cc2)c2ccon2)cc1. The van der Waals surface area contributed by atoms with Crippen molar-refractivity contribution in [1.82, 2.24) is 5.16 Å². The number of halogens is 1. The Labute approximate surface area is 205 Å². The molecule has 0 aliphatic heterocycles. The predicted molar refractivity (Wildman–Crippen MR) is 132 cm³/mol. The van der Waals surface area contributed by atoms with Gasteiger partial charge in [0.2, 0.25) is 0 Å². The molecular weight excluding hydrogens is 522 g/mol. The lowest BCUT2D eigenvalue weighted by Gasteiger charge is -2.22. The molecule has 10 heteroatoms. The lowest BCUT2D eigenvalue weighted by atomic mass is 10.1. The molecule has 0 aliphatic carbocycles. The van der Waals surface area contributed by atoms with E-state index in [1.165, 1.54) is 24.5 Å². The number of carbonyl (C=O) groups is 1. The van der Waals surface area contributed by atoms with Gasteiger partial charge in [-0.05, 0) is 48.0 Å². The van der Waals surface area contributed by atoms with Crippen molar-refractivity contribution in [1.29, 1.82) is 0 Å². The second-order valence-electron chi connectivity index (χ2n) is 7.22. The number of sulfonamides is 1. The molecule has 0 fully saturated rings. The van der Waals surface area contributed by atoms with Crippen LogP contribution in [0.2, 0.25) is 0 Å². The van der Waals surface area contributed by atoms with Crippen LogP contribution in [0, 0.1) is 0 Å². The standard InChI is InChI=1S/C24H20BrN3O5S/c1-32-23-14-19(25)6-11-22(23)26-20-7-9-21(10-8-20)34(30,31)28(24-12-13-33-27-24)15-17-2-4-18(16-29)5-3-17/h2-14,16,26H,15H2,1H3. The van der Waals surface area contributed by atoms with Gasteiger partial charge in [-0.25, -0.2) is 12.7 Å². The Morgan fingerprint density at radius 1 is 1.06 bits per heavy atom. The molecule has 34 heavy (non-hydrogen) atoms. The largest absolute Gasteiger partial charge is 0.495 e. The molecule has 3 aromatic carbocycles. The van der Waals surface area contributed by atoms with Crippen LogP contribution in [0.5, 0.6) is 5.75 Å². The highest BCUT2D eigenvalue weighted by Crippen LogP contribution is 2.31. The monoisotopic (exact) mass is 541 g/mol. The third-order valence-corrected chi connectivity index (χ3v) is 7.26. The highest BCUT2D eigenvalue weighted by molar-refractivity contribution is 9.10. The summed E-state index contributed by atoms with van der Waals surface area (Å²) in [5.41, 5.74) is 2.63. The van der Waals surface area contributed by atoms with E-state index in [2.05, 4.69) is 26.4 Å². The number of methoxy groups -OCH3 is 1. The molecule has 0 amide bonds. The first kappa shape index (κ1) is 23.5. The van der Waals surface area contributed by atoms with Crippen LogP contribution in [-0.4, -0.2) is 27.0 Å². The number of hydrogen-bond acceptors (Lipinski definition) is 7. The van der Waals surface area contributed by atoms with Gasteiger partial charge in [0.25, 0.3) is 10.0 Å². The molecular formula is C24H20BrN3O5S. The van der Waals surface area contributed by atoms with Gasteiger partial charge in [0, 0.05) is 21.8 Å². The van der Waals surface area contributed by atoms with E-state index >= 15 is 0 Å². The van der Waals surface area contributed by atoms with Crippen LogP contribution in [0.4, 0.5) is 17.2 Å². The van der Waals surface area contributed by atoms with Crippen LogP contribution in [0.15, 0.2) is 93.0 Å². The maximum absolute atomic E-state index is 13.5. The van der Waals surface area contributed by atoms with E-state index in [0.717, 1.165) is 20.8 Å². The molecule has 1 heterocycles. The van der Waals surface area contributed by atoms with Gasteiger partial charge < -0.3 is 14.6 Å². The van der Waals surface area contributed by atoms with Crippen LogP contribution >= 0.6 is 15.9 Å². The number of anilines is 3. The Hall–Kier alpha value is -3.63. The Morgan fingerprint density at radius 3 is 2.41 bits per heavy atom. The molecule has 0 radical (unpaired) electrons. The van der Waals surface area contributed by atoms with Crippen molar-refractivity contribution in [2.24, 2.45) is 0 Å². The minimum absolute atomic E-state index is 0.0180. The lowest BCUT2D eigenvalue weighted by molar-refractivity contribution is 0.112. The molecule has 0 spiro atoms. The molecule has 0 unspecified atom stereocenters. The summed E-state index contributed by atoms with van der Waals surface area (Å²) in [7, 11) is -2.39. The quantitative estimate of drug-likeness (QED) is 0.283. The topological polar surface area (TPSA) is 102 Å². The number of hydrogen-bond donors (Lipinski definition) is 1. The Kier molecular flexibility index (Phi) is 6.99. The molecule has 4 aromatic rings. The zero-order valence-corrected chi connectivity index (χ0v) is 20.4. The number of carbonyl (C=O) groups excluding carboxylic acids is 1. The summed E-state index contributed by atoms with van der Waals surface area (Å²) < 4.78 is 39.3. The molecule has 4 rings (SSSR count). The third kappa shape index (κ3) is 5.13. The van der Waals surface area contributed by atoms with Crippen molar-refractivity contribution in [2.45, 2.75) is 11.4 Å². The maximum atomic E-state index is 13.5. The zero-order valence-electron chi connectivity index (χ0n) is 18.0. The van der Waals surface area contributed by atoms with Crippen molar-refractivity contribution < 1.29 is 22.5 Å². The smallest absolute Gasteiger partial charge is 0.265 e. The molecule has 0 saturated carbocycles. The fourth-order valence-corrected chi connectivity index (χ4v) is 4.99. The Morgan fingerprint density at radius 2 is 1.79 bits per heavy atom. The van der Waals surface area contributed by atoms with E-state index in [0.29, 0.717) is 22.6 Å². The summed E-state index contributed by atoms with van der Waals surface area (Å²) >= 11 is 3.41. The first-order valence-corrected chi connectivity index (χ1v) is 12.3. The average Bonchev–Trinajstić information content (AvgIpc) is 3.38. The minimum Gasteiger partial charge on any atom is -0.495 e. The predicted octanol–water partition coefficient (Wildman–Crippen LogP) is 5.40. The maximum Gasteiger partial charge on any atom is 0.265 e. The van der Waals surface area contributed by atoms with E-state index in [9.17, 15) is 13.2 Å². The Bertz CT molecular complexity index is 1370. The third-order valence-electron chi connectivity index (χ3n) is 5.01. The van der Waals surface area contributed by atoms with Crippen LogP contribution in [-0.2, 0) is 16.6 Å². The first-order chi connectivity index (χ1) is 16.4. The second kappa shape index (κ2) is 10.1. The molecule has 8 nitrogen and oxygen atoms in total. The van der Waals surface area contributed by atoms with E-state index in [4.69, 9.17) is 9.26 Å². The zero-order chi connectivity index (χ0) is 24.1. The summed E-state index contributed by atoms with van der Waals surface area (Å²) in [6, 6.07) is 20.1. The molecule has 174 valence electrons. The van der Waals surface area contributed by atoms with Crippen LogP contribution in [0.25, 0.3) is 0 Å². The van der Waals surface area contributed by atoms with E-state index in [-0.39, 0.29) is 17.3 Å². The van der Waals surface area contributed by atoms with Crippen molar-refractivity contribution in [3.05, 3.63) is 94.7 Å². The number of aromatic nitrogens is 1. The normalized spacial score (nSPS) is 11.1. The van der Waals surface area contributed by atoms with Gasteiger partial charge in [0.1, 0.15) is 18.3 Å². The second-order valence-corrected chi connectivity index (χ2v) is 10.0. The number of aldehydes is 1. The van der Waals surface area contributed by atoms with Crippen molar-refractivity contribution >= 4 is 49.4 Å². The molecule has 1 aromatic heterocycles. The van der Waals surface area contributed by atoms with Gasteiger partial charge >= 0.3 is 0 Å². The molecule has 0 aliphatic rings. The first-order valence-electron chi connectivity index (χ1n) is 10.1. The summed E-state index contributed by atoms with van der Waals surface area (Å²) in [4.78, 5) is 11.0. The molecule has 0 saturated heterocycles. The number of rotatable bonds is 9. The van der Waals surface area contributed by atoms with Crippen LogP contribution < -0.4 is 14.4 Å². The van der Waals surface area contributed by atoms with E-state index in [1.807, 2.05) is 18.2 Å². The summed E-state index contributed by atoms with van der Waals surface area (Å²) in [5, 5.41) is 7.05. The summed E-state index contributed by atoms with van der Waals surface area (Å²) in [6.07, 6.45) is 2.04. The van der Waals surface area contributed by atoms with Crippen molar-refractivity contribution in [3.63, 3.8) is 0 Å². The average molecular weight is 542 g/mol. The molecule has 0 atom stereocenters. The van der Waals surface area contributed by atoms with Crippen LogP contribution in [0.3, 0.4) is 0 Å². The van der Waals surface area contributed by atoms with Gasteiger partial charge in [0.05, 0.1) is 24.2 Å². The number of nitrogens with zero attached hydrogens (tertiary/aromatic N) is 2. The number of ether oxygens (including phenoxy) is 1. The summed E-state index contributed by atoms with van der Waals surface area (Å²) in [6.45, 7) is 0.0180. The number of nitrogens with one attached hydrogen (secondary N) is 1. The van der Waals surface area contributed by atoms with Gasteiger partial charge in [-0.2, -0.15) is 0 Å². The highest BCUT2D eigenvalue weighted by Gasteiger charge is 2.27. The summed E-state index contributed by atoms with van der Waals surface area (Å²) in [5.74, 6) is 0.796. The number of benzene rings is 3. The van der Waals surface area contributed by atoms with E-state index in [1.54, 1.807) is 43.5 Å². The van der Waals surface area contributed by atoms with E-state index < -0.39 is 10.0 Å². The lowest BCUT2D eigenvalue weighted by Crippen LogP contribution is -2.30.